The molecular weight excluding hydrogens is 403 g/mol. The van der Waals surface area contributed by atoms with Crippen molar-refractivity contribution in [2.45, 2.75) is 64.2 Å². The molecule has 31 heavy (non-hydrogen) atoms. The predicted molar refractivity (Wildman–Crippen MR) is 130 cm³/mol. The molecule has 0 aromatic heterocycles. The Labute approximate surface area is 191 Å². The quantitative estimate of drug-likeness (QED) is 0.348. The lowest BCUT2D eigenvalue weighted by Crippen LogP contribution is -2.14. The molecule has 1 aliphatic rings. The van der Waals surface area contributed by atoms with E-state index in [2.05, 4.69) is 55.5 Å². The maximum absolute atomic E-state index is 13.7. The Morgan fingerprint density at radius 3 is 2.03 bits per heavy atom. The maximum Gasteiger partial charge on any atom is 0.142 e. The number of benzene rings is 3. The topological polar surface area (TPSA) is 0 Å². The predicted octanol–water partition coefficient (Wildman–Crippen LogP) is 9.01. The second kappa shape index (κ2) is 10.5. The van der Waals surface area contributed by atoms with E-state index < -0.39 is 0 Å². The van der Waals surface area contributed by atoms with Gasteiger partial charge in [0.15, 0.2) is 0 Å². The Hall–Kier alpha value is -2.12. The first-order valence-corrected chi connectivity index (χ1v) is 12.1. The summed E-state index contributed by atoms with van der Waals surface area (Å²) in [6.07, 6.45) is 10.1. The van der Waals surface area contributed by atoms with Crippen molar-refractivity contribution in [3.63, 3.8) is 0 Å². The van der Waals surface area contributed by atoms with Crippen LogP contribution in [0.1, 0.15) is 68.1 Å². The van der Waals surface area contributed by atoms with Gasteiger partial charge in [0.1, 0.15) is 5.82 Å². The second-order valence-electron chi connectivity index (χ2n) is 9.07. The third-order valence-corrected chi connectivity index (χ3v) is 7.19. The Morgan fingerprint density at radius 2 is 1.39 bits per heavy atom. The molecule has 0 amide bonds. The highest BCUT2D eigenvalue weighted by molar-refractivity contribution is 6.30. The van der Waals surface area contributed by atoms with E-state index in [-0.39, 0.29) is 10.8 Å². The molecule has 0 spiro atoms. The molecule has 3 aromatic carbocycles. The molecule has 3 aromatic rings. The van der Waals surface area contributed by atoms with Crippen molar-refractivity contribution in [2.75, 3.05) is 0 Å². The first kappa shape index (κ1) is 22.1. The van der Waals surface area contributed by atoms with E-state index >= 15 is 0 Å². The van der Waals surface area contributed by atoms with Crippen LogP contribution in [0.5, 0.6) is 0 Å². The molecule has 0 heterocycles. The van der Waals surface area contributed by atoms with Crippen LogP contribution >= 0.6 is 11.6 Å². The molecule has 0 atom stereocenters. The Balaban J connectivity index is 1.26. The lowest BCUT2D eigenvalue weighted by atomic mass is 9.77. The van der Waals surface area contributed by atoms with Crippen molar-refractivity contribution in [3.05, 3.63) is 94.3 Å². The third-order valence-electron chi connectivity index (χ3n) is 6.88. The van der Waals surface area contributed by atoms with Gasteiger partial charge in [-0.05, 0) is 96.7 Å². The minimum atomic E-state index is -0.365. The molecular formula is C29H32ClF. The number of hydrogen-bond donors (Lipinski definition) is 0. The normalized spacial score (nSPS) is 18.8. The zero-order valence-corrected chi connectivity index (χ0v) is 19.2. The summed E-state index contributed by atoms with van der Waals surface area (Å²) in [5.41, 5.74) is 6.27. The molecule has 1 saturated carbocycles. The highest BCUT2D eigenvalue weighted by Crippen LogP contribution is 2.37. The molecule has 0 radical (unpaired) electrons. The van der Waals surface area contributed by atoms with E-state index in [9.17, 15) is 4.39 Å². The van der Waals surface area contributed by atoms with Crippen LogP contribution in [0.25, 0.3) is 11.1 Å². The van der Waals surface area contributed by atoms with Crippen molar-refractivity contribution in [2.24, 2.45) is 5.92 Å². The summed E-state index contributed by atoms with van der Waals surface area (Å²) in [7, 11) is 0. The zero-order valence-electron chi connectivity index (χ0n) is 18.4. The summed E-state index contributed by atoms with van der Waals surface area (Å²) in [4.78, 5) is 0. The maximum atomic E-state index is 13.7. The van der Waals surface area contributed by atoms with Gasteiger partial charge in [-0.2, -0.15) is 0 Å². The van der Waals surface area contributed by atoms with Gasteiger partial charge in [-0.25, -0.2) is 4.39 Å². The standard InChI is InChI=1S/C29H32ClF/c1-2-3-21-6-12-24(13-7-21)25-14-8-22(9-15-25)4-5-23-10-16-26(17-11-23)27-18-19-28(30)29(31)20-27/h6-7,10-13,16-20,22,25H,2-5,8-9,14-15H2,1H3/t22-,25-. The van der Waals surface area contributed by atoms with Gasteiger partial charge in [-0.3, -0.25) is 0 Å². The van der Waals surface area contributed by atoms with E-state index in [1.807, 2.05) is 6.07 Å². The summed E-state index contributed by atoms with van der Waals surface area (Å²) in [5.74, 6) is 1.21. The van der Waals surface area contributed by atoms with Gasteiger partial charge in [0, 0.05) is 0 Å². The zero-order chi connectivity index (χ0) is 21.6. The summed E-state index contributed by atoms with van der Waals surface area (Å²) >= 11 is 5.79. The molecule has 162 valence electrons. The summed E-state index contributed by atoms with van der Waals surface area (Å²) in [6.45, 7) is 2.24. The van der Waals surface area contributed by atoms with Gasteiger partial charge in [-0.1, -0.05) is 79.5 Å². The molecule has 0 N–H and O–H groups in total. The van der Waals surface area contributed by atoms with Crippen LogP contribution in [0.15, 0.2) is 66.7 Å². The molecule has 0 bridgehead atoms. The minimum absolute atomic E-state index is 0.170. The Bertz CT molecular complexity index is 967. The van der Waals surface area contributed by atoms with Gasteiger partial charge < -0.3 is 0 Å². The van der Waals surface area contributed by atoms with Crippen molar-refractivity contribution >= 4 is 11.6 Å². The van der Waals surface area contributed by atoms with Gasteiger partial charge >= 0.3 is 0 Å². The minimum Gasteiger partial charge on any atom is -0.205 e. The number of rotatable bonds is 7. The van der Waals surface area contributed by atoms with Crippen molar-refractivity contribution < 1.29 is 4.39 Å². The van der Waals surface area contributed by atoms with Crippen molar-refractivity contribution in [1.29, 1.82) is 0 Å². The fourth-order valence-corrected chi connectivity index (χ4v) is 5.06. The first-order valence-electron chi connectivity index (χ1n) is 11.8. The van der Waals surface area contributed by atoms with E-state index in [4.69, 9.17) is 11.6 Å². The fourth-order valence-electron chi connectivity index (χ4n) is 4.94. The Kier molecular flexibility index (Phi) is 7.45. The van der Waals surface area contributed by atoms with Crippen LogP contribution in [-0.4, -0.2) is 0 Å². The SMILES string of the molecule is CCCc1ccc([C@H]2CC[C@H](CCc3ccc(-c4ccc(Cl)c(F)c4)cc3)CC2)cc1. The number of halogens is 2. The van der Waals surface area contributed by atoms with Gasteiger partial charge in [0.2, 0.25) is 0 Å². The highest BCUT2D eigenvalue weighted by atomic mass is 35.5. The van der Waals surface area contributed by atoms with Gasteiger partial charge in [0.05, 0.1) is 5.02 Å². The van der Waals surface area contributed by atoms with Crippen LogP contribution in [-0.2, 0) is 12.8 Å². The van der Waals surface area contributed by atoms with Crippen LogP contribution < -0.4 is 0 Å². The van der Waals surface area contributed by atoms with Crippen LogP contribution in [0.2, 0.25) is 5.02 Å². The average molecular weight is 435 g/mol. The van der Waals surface area contributed by atoms with E-state index in [1.165, 1.54) is 67.7 Å². The largest absolute Gasteiger partial charge is 0.205 e. The highest BCUT2D eigenvalue weighted by Gasteiger charge is 2.22. The fraction of sp³-hybridized carbons (Fsp3) is 0.379. The molecule has 0 nitrogen and oxygen atoms in total. The van der Waals surface area contributed by atoms with E-state index in [1.54, 1.807) is 6.07 Å². The van der Waals surface area contributed by atoms with E-state index in [0.717, 1.165) is 29.4 Å². The first-order chi connectivity index (χ1) is 15.1. The van der Waals surface area contributed by atoms with Crippen LogP contribution in [0.3, 0.4) is 0 Å². The monoisotopic (exact) mass is 434 g/mol. The average Bonchev–Trinajstić information content (AvgIpc) is 2.81. The molecule has 0 unspecified atom stereocenters. The second-order valence-corrected chi connectivity index (χ2v) is 9.48. The summed E-state index contributed by atoms with van der Waals surface area (Å²) < 4.78 is 13.7. The molecule has 2 heteroatoms. The summed E-state index contributed by atoms with van der Waals surface area (Å²) in [5, 5.41) is 0.170. The van der Waals surface area contributed by atoms with Crippen LogP contribution in [0.4, 0.5) is 4.39 Å². The van der Waals surface area contributed by atoms with Crippen molar-refractivity contribution in [3.8, 4) is 11.1 Å². The molecule has 0 aliphatic heterocycles. The number of hydrogen-bond acceptors (Lipinski definition) is 0. The summed E-state index contributed by atoms with van der Waals surface area (Å²) in [6, 6.07) is 22.9. The van der Waals surface area contributed by atoms with Gasteiger partial charge in [0.25, 0.3) is 0 Å². The molecule has 0 saturated heterocycles. The number of aryl methyl sites for hydroxylation is 2. The van der Waals surface area contributed by atoms with Crippen LogP contribution in [0, 0.1) is 11.7 Å². The molecule has 1 fully saturated rings. The smallest absolute Gasteiger partial charge is 0.142 e. The molecule has 4 rings (SSSR count). The lowest BCUT2D eigenvalue weighted by Gasteiger charge is -2.29. The van der Waals surface area contributed by atoms with Crippen molar-refractivity contribution in [1.82, 2.24) is 0 Å². The lowest BCUT2D eigenvalue weighted by molar-refractivity contribution is 0.310. The Morgan fingerprint density at radius 1 is 0.774 bits per heavy atom. The third kappa shape index (κ3) is 5.77. The molecule has 1 aliphatic carbocycles. The van der Waals surface area contributed by atoms with E-state index in [0.29, 0.717) is 0 Å². The van der Waals surface area contributed by atoms with Gasteiger partial charge in [-0.15, -0.1) is 0 Å².